The SMILES string of the molecule is C/C=C/OCC1(C)CC2CCC1O2. The van der Waals surface area contributed by atoms with Crippen molar-refractivity contribution >= 4 is 0 Å². The summed E-state index contributed by atoms with van der Waals surface area (Å²) in [4.78, 5) is 0. The summed E-state index contributed by atoms with van der Waals surface area (Å²) in [6.45, 7) is 5.05. The topological polar surface area (TPSA) is 18.5 Å². The highest BCUT2D eigenvalue weighted by Gasteiger charge is 2.49. The summed E-state index contributed by atoms with van der Waals surface area (Å²) in [6, 6.07) is 0. The largest absolute Gasteiger partial charge is 0.501 e. The van der Waals surface area contributed by atoms with Crippen molar-refractivity contribution in [3.63, 3.8) is 0 Å². The van der Waals surface area contributed by atoms with Crippen LogP contribution in [0.5, 0.6) is 0 Å². The zero-order valence-electron chi connectivity index (χ0n) is 8.45. The molecule has 2 fully saturated rings. The molecule has 2 aliphatic rings. The van der Waals surface area contributed by atoms with Gasteiger partial charge in [-0.1, -0.05) is 13.0 Å². The highest BCUT2D eigenvalue weighted by molar-refractivity contribution is 4.98. The summed E-state index contributed by atoms with van der Waals surface area (Å²) < 4.78 is 11.3. The van der Waals surface area contributed by atoms with E-state index < -0.39 is 0 Å². The molecule has 0 N–H and O–H groups in total. The first-order valence-corrected chi connectivity index (χ1v) is 5.13. The summed E-state index contributed by atoms with van der Waals surface area (Å²) in [5.41, 5.74) is 0.266. The van der Waals surface area contributed by atoms with Crippen molar-refractivity contribution in [3.8, 4) is 0 Å². The molecule has 2 heteroatoms. The Morgan fingerprint density at radius 3 is 2.92 bits per heavy atom. The summed E-state index contributed by atoms with van der Waals surface area (Å²) in [5.74, 6) is 0. The van der Waals surface area contributed by atoms with Gasteiger partial charge in [-0.05, 0) is 26.2 Å². The van der Waals surface area contributed by atoms with Gasteiger partial charge in [-0.3, -0.25) is 0 Å². The van der Waals surface area contributed by atoms with Gasteiger partial charge in [0.25, 0.3) is 0 Å². The molecule has 0 spiro atoms. The van der Waals surface area contributed by atoms with Crippen molar-refractivity contribution in [3.05, 3.63) is 12.3 Å². The fourth-order valence-corrected chi connectivity index (χ4v) is 2.51. The summed E-state index contributed by atoms with van der Waals surface area (Å²) in [6.07, 6.45) is 8.32. The Hall–Kier alpha value is -0.500. The number of allylic oxidation sites excluding steroid dienone is 1. The number of hydrogen-bond donors (Lipinski definition) is 0. The molecule has 2 rings (SSSR count). The van der Waals surface area contributed by atoms with E-state index in [9.17, 15) is 0 Å². The Morgan fingerprint density at radius 2 is 2.38 bits per heavy atom. The zero-order valence-corrected chi connectivity index (χ0v) is 8.45. The molecule has 2 bridgehead atoms. The van der Waals surface area contributed by atoms with E-state index in [0.717, 1.165) is 6.61 Å². The lowest BCUT2D eigenvalue weighted by Gasteiger charge is -2.30. The van der Waals surface area contributed by atoms with Crippen LogP contribution in [0.4, 0.5) is 0 Å². The predicted octanol–water partition coefficient (Wildman–Crippen LogP) is 2.49. The first-order valence-electron chi connectivity index (χ1n) is 5.13. The molecule has 0 aromatic carbocycles. The van der Waals surface area contributed by atoms with Crippen LogP contribution in [0.2, 0.25) is 0 Å². The van der Waals surface area contributed by atoms with Crippen LogP contribution in [0.3, 0.4) is 0 Å². The molecule has 0 saturated carbocycles. The van der Waals surface area contributed by atoms with E-state index in [4.69, 9.17) is 9.47 Å². The molecule has 2 saturated heterocycles. The van der Waals surface area contributed by atoms with E-state index in [0.29, 0.717) is 12.2 Å². The van der Waals surface area contributed by atoms with E-state index in [1.165, 1.54) is 19.3 Å². The molecule has 0 aromatic heterocycles. The third-order valence-electron chi connectivity index (χ3n) is 3.22. The Morgan fingerprint density at radius 1 is 1.54 bits per heavy atom. The maximum atomic E-state index is 5.81. The Kier molecular flexibility index (Phi) is 2.33. The molecule has 3 unspecified atom stereocenters. The van der Waals surface area contributed by atoms with E-state index in [-0.39, 0.29) is 5.41 Å². The average Bonchev–Trinajstić information content (AvgIpc) is 2.64. The first-order chi connectivity index (χ1) is 6.24. The number of fused-ring (bicyclic) bond motifs is 2. The molecule has 74 valence electrons. The lowest BCUT2D eigenvalue weighted by molar-refractivity contribution is 0.0319. The molecule has 2 aliphatic heterocycles. The van der Waals surface area contributed by atoms with Gasteiger partial charge in [0, 0.05) is 5.41 Å². The third-order valence-corrected chi connectivity index (χ3v) is 3.22. The Bertz CT molecular complexity index is 212. The zero-order chi connectivity index (χ0) is 9.31. The van der Waals surface area contributed by atoms with Crippen LogP contribution >= 0.6 is 0 Å². The van der Waals surface area contributed by atoms with Gasteiger partial charge >= 0.3 is 0 Å². The molecule has 13 heavy (non-hydrogen) atoms. The fraction of sp³-hybridized carbons (Fsp3) is 0.818. The second-order valence-corrected chi connectivity index (χ2v) is 4.46. The van der Waals surface area contributed by atoms with E-state index in [2.05, 4.69) is 6.92 Å². The van der Waals surface area contributed by atoms with Crippen molar-refractivity contribution in [2.45, 2.75) is 45.3 Å². The minimum absolute atomic E-state index is 0.266. The molecule has 0 aromatic rings. The average molecular weight is 182 g/mol. The van der Waals surface area contributed by atoms with Gasteiger partial charge in [-0.2, -0.15) is 0 Å². The van der Waals surface area contributed by atoms with Crippen LogP contribution in [-0.2, 0) is 9.47 Å². The molecule has 0 amide bonds. The third kappa shape index (κ3) is 1.60. The molecular formula is C11H18O2. The highest BCUT2D eigenvalue weighted by Crippen LogP contribution is 2.47. The van der Waals surface area contributed by atoms with Crippen LogP contribution in [0, 0.1) is 5.41 Å². The maximum Gasteiger partial charge on any atom is 0.0952 e. The van der Waals surface area contributed by atoms with Crippen LogP contribution in [-0.4, -0.2) is 18.8 Å². The number of rotatable bonds is 3. The van der Waals surface area contributed by atoms with E-state index in [1.807, 2.05) is 13.0 Å². The van der Waals surface area contributed by atoms with Crippen molar-refractivity contribution in [1.29, 1.82) is 0 Å². The molecule has 0 radical (unpaired) electrons. The molecule has 3 atom stereocenters. The maximum absolute atomic E-state index is 5.81. The quantitative estimate of drug-likeness (QED) is 0.624. The van der Waals surface area contributed by atoms with Crippen molar-refractivity contribution in [2.75, 3.05) is 6.61 Å². The standard InChI is InChI=1S/C11H18O2/c1-3-6-12-8-11(2)7-9-4-5-10(11)13-9/h3,6,9-10H,4-5,7-8H2,1-2H3/b6-3+. The number of ether oxygens (including phenoxy) is 2. The predicted molar refractivity (Wildman–Crippen MR) is 51.4 cm³/mol. The minimum Gasteiger partial charge on any atom is -0.501 e. The van der Waals surface area contributed by atoms with Crippen LogP contribution in [0.15, 0.2) is 12.3 Å². The fourth-order valence-electron chi connectivity index (χ4n) is 2.51. The normalized spacial score (nSPS) is 43.2. The van der Waals surface area contributed by atoms with Gasteiger partial charge in [0.05, 0.1) is 25.1 Å². The second-order valence-electron chi connectivity index (χ2n) is 4.46. The van der Waals surface area contributed by atoms with Crippen LogP contribution in [0.1, 0.15) is 33.1 Å². The lowest BCUT2D eigenvalue weighted by atomic mass is 9.76. The summed E-state index contributed by atoms with van der Waals surface area (Å²) in [5, 5.41) is 0. The van der Waals surface area contributed by atoms with Gasteiger partial charge in [-0.15, -0.1) is 0 Å². The van der Waals surface area contributed by atoms with Crippen LogP contribution < -0.4 is 0 Å². The minimum atomic E-state index is 0.266. The van der Waals surface area contributed by atoms with E-state index in [1.54, 1.807) is 6.26 Å². The lowest BCUT2D eigenvalue weighted by Crippen LogP contribution is -2.33. The van der Waals surface area contributed by atoms with Gasteiger partial charge in [0.2, 0.25) is 0 Å². The number of hydrogen-bond acceptors (Lipinski definition) is 2. The monoisotopic (exact) mass is 182 g/mol. The molecule has 0 aliphatic carbocycles. The summed E-state index contributed by atoms with van der Waals surface area (Å²) >= 11 is 0. The van der Waals surface area contributed by atoms with Crippen molar-refractivity contribution < 1.29 is 9.47 Å². The van der Waals surface area contributed by atoms with Crippen molar-refractivity contribution in [2.24, 2.45) is 5.41 Å². The molecule has 2 heterocycles. The Balaban J connectivity index is 1.90. The second kappa shape index (κ2) is 3.33. The highest BCUT2D eigenvalue weighted by atomic mass is 16.5. The smallest absolute Gasteiger partial charge is 0.0952 e. The first kappa shape index (κ1) is 9.07. The van der Waals surface area contributed by atoms with Gasteiger partial charge in [-0.25, -0.2) is 0 Å². The van der Waals surface area contributed by atoms with E-state index >= 15 is 0 Å². The van der Waals surface area contributed by atoms with Crippen molar-refractivity contribution in [1.82, 2.24) is 0 Å². The molecule has 2 nitrogen and oxygen atoms in total. The van der Waals surface area contributed by atoms with Gasteiger partial charge in [0.15, 0.2) is 0 Å². The van der Waals surface area contributed by atoms with Gasteiger partial charge in [0.1, 0.15) is 0 Å². The Labute approximate surface area is 79.9 Å². The van der Waals surface area contributed by atoms with Crippen LogP contribution in [0.25, 0.3) is 0 Å². The summed E-state index contributed by atoms with van der Waals surface area (Å²) in [7, 11) is 0. The van der Waals surface area contributed by atoms with Gasteiger partial charge < -0.3 is 9.47 Å². The molecular weight excluding hydrogens is 164 g/mol.